The minimum absolute atomic E-state index is 0.247. The Kier molecular flexibility index (Phi) is 4.04. The molecule has 2 rings (SSSR count). The molecule has 0 saturated carbocycles. The Morgan fingerprint density at radius 1 is 1.53 bits per heavy atom. The molecule has 0 radical (unpaired) electrons. The molecule has 0 aliphatic heterocycles. The van der Waals surface area contributed by atoms with Crippen LogP contribution in [0.3, 0.4) is 0 Å². The van der Waals surface area contributed by atoms with E-state index < -0.39 is 6.10 Å². The molecule has 0 aliphatic rings. The zero-order chi connectivity index (χ0) is 14.0. The lowest BCUT2D eigenvalue weighted by atomic mass is 10.2. The van der Waals surface area contributed by atoms with Crippen LogP contribution in [0.5, 0.6) is 0 Å². The summed E-state index contributed by atoms with van der Waals surface area (Å²) >= 11 is 0. The summed E-state index contributed by atoms with van der Waals surface area (Å²) in [7, 11) is 3.59. The second-order valence-electron chi connectivity index (χ2n) is 4.82. The largest absolute Gasteiger partial charge is 0.419 e. The molecule has 1 aromatic heterocycles. The lowest BCUT2D eigenvalue weighted by Gasteiger charge is -2.19. The van der Waals surface area contributed by atoms with Gasteiger partial charge in [0, 0.05) is 26.7 Å². The van der Waals surface area contributed by atoms with E-state index in [1.165, 1.54) is 4.57 Å². The lowest BCUT2D eigenvalue weighted by Crippen LogP contribution is -2.33. The number of fused-ring (bicyclic) bond motifs is 1. The number of nitrogens with zero attached hydrogens (tertiary/aromatic N) is 2. The molecular formula is C13H19N3O3. The van der Waals surface area contributed by atoms with E-state index in [1.807, 2.05) is 30.1 Å². The van der Waals surface area contributed by atoms with Crippen LogP contribution in [0.4, 0.5) is 0 Å². The molecule has 19 heavy (non-hydrogen) atoms. The van der Waals surface area contributed by atoms with Crippen molar-refractivity contribution in [3.8, 4) is 0 Å². The van der Waals surface area contributed by atoms with Crippen molar-refractivity contribution < 1.29 is 9.52 Å². The first-order chi connectivity index (χ1) is 9.01. The highest BCUT2D eigenvalue weighted by atomic mass is 16.4. The van der Waals surface area contributed by atoms with Gasteiger partial charge in [-0.25, -0.2) is 4.79 Å². The fourth-order valence-corrected chi connectivity index (χ4v) is 2.09. The summed E-state index contributed by atoms with van der Waals surface area (Å²) in [5, 5.41) is 9.49. The van der Waals surface area contributed by atoms with Crippen LogP contribution < -0.4 is 11.5 Å². The van der Waals surface area contributed by atoms with Crippen molar-refractivity contribution in [3.05, 3.63) is 34.3 Å². The van der Waals surface area contributed by atoms with Gasteiger partial charge in [0.1, 0.15) is 0 Å². The molecule has 0 fully saturated rings. The topological polar surface area (TPSA) is 84.6 Å². The number of benzene rings is 1. The predicted octanol–water partition coefficient (Wildman–Crippen LogP) is -0.117. The average Bonchev–Trinajstić information content (AvgIpc) is 2.64. The van der Waals surface area contributed by atoms with E-state index >= 15 is 0 Å². The molecule has 0 aliphatic carbocycles. The van der Waals surface area contributed by atoms with Gasteiger partial charge in [-0.05, 0) is 24.7 Å². The quantitative estimate of drug-likeness (QED) is 0.787. The number of hydrogen-bond donors (Lipinski definition) is 2. The molecule has 0 bridgehead atoms. The van der Waals surface area contributed by atoms with E-state index in [1.54, 1.807) is 7.05 Å². The van der Waals surface area contributed by atoms with E-state index in [2.05, 4.69) is 0 Å². The van der Waals surface area contributed by atoms with Crippen LogP contribution in [0.1, 0.15) is 5.56 Å². The van der Waals surface area contributed by atoms with Crippen molar-refractivity contribution in [2.45, 2.75) is 12.6 Å². The van der Waals surface area contributed by atoms with Gasteiger partial charge in [-0.2, -0.15) is 0 Å². The van der Waals surface area contributed by atoms with Gasteiger partial charge in [-0.1, -0.05) is 6.07 Å². The Hall–Kier alpha value is -1.63. The molecule has 0 spiro atoms. The molecule has 6 heteroatoms. The first kappa shape index (κ1) is 13.8. The van der Waals surface area contributed by atoms with Crippen LogP contribution in [-0.2, 0) is 13.6 Å². The van der Waals surface area contributed by atoms with Gasteiger partial charge >= 0.3 is 5.76 Å². The van der Waals surface area contributed by atoms with Crippen LogP contribution in [0.25, 0.3) is 11.1 Å². The standard InChI is InChI=1S/C13H19N3O3/c1-15(8-10(17)6-14)7-9-3-4-11-12(5-9)19-13(18)16(11)2/h3-5,10,17H,6-8,14H2,1-2H3. The fourth-order valence-electron chi connectivity index (χ4n) is 2.09. The predicted molar refractivity (Wildman–Crippen MR) is 72.9 cm³/mol. The van der Waals surface area contributed by atoms with Crippen LogP contribution in [-0.4, -0.2) is 40.8 Å². The smallest absolute Gasteiger partial charge is 0.408 e. The Morgan fingerprint density at radius 3 is 2.95 bits per heavy atom. The van der Waals surface area contributed by atoms with E-state index in [4.69, 9.17) is 10.2 Å². The van der Waals surface area contributed by atoms with Crippen molar-refractivity contribution in [2.24, 2.45) is 12.8 Å². The fraction of sp³-hybridized carbons (Fsp3) is 0.462. The van der Waals surface area contributed by atoms with Crippen molar-refractivity contribution >= 4 is 11.1 Å². The Balaban J connectivity index is 2.15. The minimum atomic E-state index is -0.525. The zero-order valence-corrected chi connectivity index (χ0v) is 11.2. The van der Waals surface area contributed by atoms with E-state index in [9.17, 15) is 9.90 Å². The Bertz CT molecular complexity index is 617. The molecular weight excluding hydrogens is 246 g/mol. The van der Waals surface area contributed by atoms with E-state index in [0.29, 0.717) is 18.7 Å². The van der Waals surface area contributed by atoms with Crippen molar-refractivity contribution in [1.29, 1.82) is 0 Å². The van der Waals surface area contributed by atoms with Gasteiger partial charge in [0.2, 0.25) is 0 Å². The lowest BCUT2D eigenvalue weighted by molar-refractivity contribution is 0.129. The zero-order valence-electron chi connectivity index (χ0n) is 11.2. The molecule has 2 aromatic rings. The first-order valence-electron chi connectivity index (χ1n) is 6.16. The van der Waals surface area contributed by atoms with Crippen LogP contribution in [0.15, 0.2) is 27.4 Å². The number of oxazole rings is 1. The first-order valence-corrected chi connectivity index (χ1v) is 6.16. The monoisotopic (exact) mass is 265 g/mol. The molecule has 1 unspecified atom stereocenters. The number of aromatic nitrogens is 1. The molecule has 1 heterocycles. The highest BCUT2D eigenvalue weighted by Gasteiger charge is 2.09. The van der Waals surface area contributed by atoms with Crippen LogP contribution in [0, 0.1) is 0 Å². The third kappa shape index (κ3) is 3.04. The maximum atomic E-state index is 11.4. The van der Waals surface area contributed by atoms with Gasteiger partial charge in [-0.3, -0.25) is 9.47 Å². The maximum Gasteiger partial charge on any atom is 0.419 e. The van der Waals surface area contributed by atoms with Gasteiger partial charge in [0.05, 0.1) is 11.6 Å². The van der Waals surface area contributed by atoms with Crippen molar-refractivity contribution in [3.63, 3.8) is 0 Å². The number of nitrogens with two attached hydrogens (primary N) is 1. The number of rotatable bonds is 5. The summed E-state index contributed by atoms with van der Waals surface area (Å²) < 4.78 is 6.62. The third-order valence-electron chi connectivity index (χ3n) is 3.10. The maximum absolute atomic E-state index is 11.4. The third-order valence-corrected chi connectivity index (χ3v) is 3.10. The van der Waals surface area contributed by atoms with Crippen molar-refractivity contribution in [1.82, 2.24) is 9.47 Å². The Labute approximate surface area is 111 Å². The average molecular weight is 265 g/mol. The van der Waals surface area contributed by atoms with E-state index in [0.717, 1.165) is 11.1 Å². The number of aliphatic hydroxyl groups is 1. The number of aliphatic hydroxyl groups excluding tert-OH is 1. The second kappa shape index (κ2) is 5.56. The number of hydrogen-bond acceptors (Lipinski definition) is 5. The SMILES string of the molecule is CN(Cc1ccc2c(c1)oc(=O)n2C)CC(O)CN. The van der Waals surface area contributed by atoms with Gasteiger partial charge < -0.3 is 15.3 Å². The molecule has 0 amide bonds. The second-order valence-corrected chi connectivity index (χ2v) is 4.82. The van der Waals surface area contributed by atoms with E-state index in [-0.39, 0.29) is 12.3 Å². The van der Waals surface area contributed by atoms with Crippen molar-refractivity contribution in [2.75, 3.05) is 20.1 Å². The highest BCUT2D eigenvalue weighted by molar-refractivity contribution is 5.73. The molecule has 6 nitrogen and oxygen atoms in total. The number of aryl methyl sites for hydroxylation is 1. The number of likely N-dealkylation sites (N-methyl/N-ethyl adjacent to an activating group) is 1. The molecule has 1 aromatic carbocycles. The van der Waals surface area contributed by atoms with Crippen LogP contribution in [0.2, 0.25) is 0 Å². The molecule has 3 N–H and O–H groups in total. The van der Waals surface area contributed by atoms with Gasteiger partial charge in [0.25, 0.3) is 0 Å². The van der Waals surface area contributed by atoms with Crippen LogP contribution >= 0.6 is 0 Å². The summed E-state index contributed by atoms with van der Waals surface area (Å²) in [6, 6.07) is 5.66. The van der Waals surface area contributed by atoms with Gasteiger partial charge in [-0.15, -0.1) is 0 Å². The van der Waals surface area contributed by atoms with Gasteiger partial charge in [0.15, 0.2) is 5.58 Å². The minimum Gasteiger partial charge on any atom is -0.408 e. The molecule has 104 valence electrons. The molecule has 0 saturated heterocycles. The summed E-state index contributed by atoms with van der Waals surface area (Å²) in [5.41, 5.74) is 7.76. The summed E-state index contributed by atoms with van der Waals surface area (Å²) in [5.74, 6) is -0.362. The summed E-state index contributed by atoms with van der Waals surface area (Å²) in [6.07, 6.45) is -0.525. The Morgan fingerprint density at radius 2 is 2.26 bits per heavy atom. The normalized spacial score (nSPS) is 13.3. The summed E-state index contributed by atoms with van der Waals surface area (Å²) in [6.45, 7) is 1.41. The summed E-state index contributed by atoms with van der Waals surface area (Å²) in [4.78, 5) is 13.4. The molecule has 1 atom stereocenters. The highest BCUT2D eigenvalue weighted by Crippen LogP contribution is 2.15.